The second kappa shape index (κ2) is 5.41. The third kappa shape index (κ3) is 2.16. The average Bonchev–Trinajstić information content (AvgIpc) is 2.94. The van der Waals surface area contributed by atoms with Crippen molar-refractivity contribution in [2.75, 3.05) is 6.79 Å². The Morgan fingerprint density at radius 2 is 2.05 bits per heavy atom. The Bertz CT molecular complexity index is 576. The van der Waals surface area contributed by atoms with Crippen molar-refractivity contribution in [2.45, 2.75) is 50.9 Å². The summed E-state index contributed by atoms with van der Waals surface area (Å²) in [5, 5.41) is 10.4. The van der Waals surface area contributed by atoms with E-state index in [9.17, 15) is 9.90 Å². The van der Waals surface area contributed by atoms with Crippen molar-refractivity contribution in [1.82, 2.24) is 0 Å². The molecule has 1 heterocycles. The standard InChI is InChI=1S/C16H19ClO4/c1-2-10-13(11(17)8-12-14(10)21-9-20-12)16(15(18)19)6-4-3-5-7-16/h8H,2-7,9H2,1H3,(H,18,19). The molecule has 1 aliphatic carbocycles. The Morgan fingerprint density at radius 3 is 2.67 bits per heavy atom. The molecule has 0 atom stereocenters. The molecule has 1 N–H and O–H groups in total. The van der Waals surface area contributed by atoms with Crippen LogP contribution in [0.4, 0.5) is 0 Å². The van der Waals surface area contributed by atoms with Gasteiger partial charge >= 0.3 is 5.97 Å². The van der Waals surface area contributed by atoms with E-state index < -0.39 is 11.4 Å². The maximum absolute atomic E-state index is 12.1. The van der Waals surface area contributed by atoms with Gasteiger partial charge in [-0.2, -0.15) is 0 Å². The van der Waals surface area contributed by atoms with E-state index in [0.717, 1.165) is 30.4 Å². The molecule has 3 rings (SSSR count). The molecule has 0 aromatic heterocycles. The first-order valence-electron chi connectivity index (χ1n) is 7.45. The number of carbonyl (C=O) groups is 1. The summed E-state index contributed by atoms with van der Waals surface area (Å²) in [6, 6.07) is 1.71. The lowest BCUT2D eigenvalue weighted by Gasteiger charge is -2.36. The van der Waals surface area contributed by atoms with E-state index in [2.05, 4.69) is 0 Å². The predicted molar refractivity (Wildman–Crippen MR) is 79.4 cm³/mol. The summed E-state index contributed by atoms with van der Waals surface area (Å²) >= 11 is 6.46. The van der Waals surface area contributed by atoms with Crippen molar-refractivity contribution in [3.05, 3.63) is 22.2 Å². The summed E-state index contributed by atoms with van der Waals surface area (Å²) in [5.41, 5.74) is 0.740. The number of halogens is 1. The minimum absolute atomic E-state index is 0.169. The van der Waals surface area contributed by atoms with Crippen molar-refractivity contribution in [2.24, 2.45) is 0 Å². The molecule has 1 saturated carbocycles. The highest BCUT2D eigenvalue weighted by Crippen LogP contribution is 2.50. The Morgan fingerprint density at radius 1 is 1.33 bits per heavy atom. The van der Waals surface area contributed by atoms with Crippen LogP contribution in [0.25, 0.3) is 0 Å². The van der Waals surface area contributed by atoms with Crippen molar-refractivity contribution >= 4 is 17.6 Å². The molecule has 0 bridgehead atoms. The molecule has 2 aliphatic rings. The van der Waals surface area contributed by atoms with Crippen molar-refractivity contribution < 1.29 is 19.4 Å². The minimum Gasteiger partial charge on any atom is -0.481 e. The zero-order valence-electron chi connectivity index (χ0n) is 12.1. The number of hydrogen-bond donors (Lipinski definition) is 1. The molecule has 1 aliphatic heterocycles. The van der Waals surface area contributed by atoms with E-state index in [-0.39, 0.29) is 6.79 Å². The second-order valence-corrected chi connectivity index (χ2v) is 6.15. The SMILES string of the molecule is CCc1c2c(cc(Cl)c1C1(C(=O)O)CCCCC1)OCO2. The van der Waals surface area contributed by atoms with Crippen LogP contribution in [0.3, 0.4) is 0 Å². The molecular weight excluding hydrogens is 292 g/mol. The van der Waals surface area contributed by atoms with Gasteiger partial charge in [0.2, 0.25) is 6.79 Å². The normalized spacial score (nSPS) is 19.5. The van der Waals surface area contributed by atoms with Crippen LogP contribution in [0.2, 0.25) is 5.02 Å². The molecule has 0 saturated heterocycles. The zero-order chi connectivity index (χ0) is 15.0. The van der Waals surface area contributed by atoms with Crippen LogP contribution in [-0.2, 0) is 16.6 Å². The van der Waals surface area contributed by atoms with E-state index in [1.165, 1.54) is 0 Å². The first kappa shape index (κ1) is 14.5. The number of carboxylic acids is 1. The predicted octanol–water partition coefficient (Wildman–Crippen LogP) is 3.92. The van der Waals surface area contributed by atoms with Gasteiger partial charge in [0.25, 0.3) is 0 Å². The van der Waals surface area contributed by atoms with E-state index in [4.69, 9.17) is 21.1 Å². The maximum atomic E-state index is 12.1. The van der Waals surface area contributed by atoms with Gasteiger partial charge < -0.3 is 14.6 Å². The van der Waals surface area contributed by atoms with Gasteiger partial charge in [-0.15, -0.1) is 0 Å². The summed E-state index contributed by atoms with van der Waals surface area (Å²) in [5.74, 6) is 0.512. The van der Waals surface area contributed by atoms with E-state index in [1.807, 2.05) is 6.92 Å². The lowest BCUT2D eigenvalue weighted by molar-refractivity contribution is -0.145. The number of fused-ring (bicyclic) bond motifs is 1. The van der Waals surface area contributed by atoms with Crippen molar-refractivity contribution in [1.29, 1.82) is 0 Å². The summed E-state index contributed by atoms with van der Waals surface area (Å²) in [7, 11) is 0. The molecule has 1 aromatic rings. The van der Waals surface area contributed by atoms with Crippen LogP contribution in [0.1, 0.15) is 50.2 Å². The number of carboxylic acid groups (broad SMARTS) is 1. The van der Waals surface area contributed by atoms with Gasteiger partial charge in [0, 0.05) is 16.7 Å². The van der Waals surface area contributed by atoms with E-state index in [1.54, 1.807) is 6.07 Å². The summed E-state index contributed by atoms with van der Waals surface area (Å²) in [6.07, 6.45) is 4.86. The molecule has 114 valence electrons. The fraction of sp³-hybridized carbons (Fsp3) is 0.562. The van der Waals surface area contributed by atoms with Crippen molar-refractivity contribution in [3.63, 3.8) is 0 Å². The van der Waals surface area contributed by atoms with E-state index in [0.29, 0.717) is 35.8 Å². The molecule has 1 fully saturated rings. The molecule has 4 nitrogen and oxygen atoms in total. The largest absolute Gasteiger partial charge is 0.481 e. The summed E-state index contributed by atoms with van der Waals surface area (Å²) in [4.78, 5) is 12.1. The Labute approximate surface area is 129 Å². The minimum atomic E-state index is -0.887. The van der Waals surface area contributed by atoms with Gasteiger partial charge in [0.15, 0.2) is 11.5 Å². The number of aliphatic carboxylic acids is 1. The van der Waals surface area contributed by atoms with Crippen LogP contribution in [-0.4, -0.2) is 17.9 Å². The van der Waals surface area contributed by atoms with Gasteiger partial charge in [-0.3, -0.25) is 4.79 Å². The maximum Gasteiger partial charge on any atom is 0.314 e. The zero-order valence-corrected chi connectivity index (χ0v) is 12.8. The van der Waals surface area contributed by atoms with Crippen LogP contribution >= 0.6 is 11.6 Å². The topological polar surface area (TPSA) is 55.8 Å². The van der Waals surface area contributed by atoms with Gasteiger partial charge in [-0.1, -0.05) is 37.8 Å². The first-order valence-corrected chi connectivity index (χ1v) is 7.83. The quantitative estimate of drug-likeness (QED) is 0.919. The van der Waals surface area contributed by atoms with Crippen LogP contribution < -0.4 is 9.47 Å². The molecular formula is C16H19ClO4. The molecule has 0 radical (unpaired) electrons. The third-order valence-electron chi connectivity index (χ3n) is 4.66. The number of benzene rings is 1. The van der Waals surface area contributed by atoms with Gasteiger partial charge in [0.1, 0.15) is 0 Å². The van der Waals surface area contributed by atoms with Crippen LogP contribution in [0.5, 0.6) is 11.5 Å². The van der Waals surface area contributed by atoms with Crippen LogP contribution in [0.15, 0.2) is 6.07 Å². The average molecular weight is 311 g/mol. The Hall–Kier alpha value is -1.42. The molecule has 21 heavy (non-hydrogen) atoms. The summed E-state index contributed by atoms with van der Waals surface area (Å²) in [6.45, 7) is 2.16. The second-order valence-electron chi connectivity index (χ2n) is 5.75. The van der Waals surface area contributed by atoms with Gasteiger partial charge in [-0.05, 0) is 24.8 Å². The molecule has 0 amide bonds. The number of rotatable bonds is 3. The fourth-order valence-corrected chi connectivity index (χ4v) is 4.05. The lowest BCUT2D eigenvalue weighted by Crippen LogP contribution is -2.39. The fourth-order valence-electron chi connectivity index (χ4n) is 3.66. The molecule has 0 spiro atoms. The van der Waals surface area contributed by atoms with Crippen molar-refractivity contribution in [3.8, 4) is 11.5 Å². The molecule has 1 aromatic carbocycles. The Balaban J connectivity index is 2.22. The monoisotopic (exact) mass is 310 g/mol. The summed E-state index contributed by atoms with van der Waals surface area (Å²) < 4.78 is 11.0. The van der Waals surface area contributed by atoms with Gasteiger partial charge in [0.05, 0.1) is 5.41 Å². The Kier molecular flexibility index (Phi) is 3.74. The van der Waals surface area contributed by atoms with Gasteiger partial charge in [-0.25, -0.2) is 0 Å². The third-order valence-corrected chi connectivity index (χ3v) is 4.96. The first-order chi connectivity index (χ1) is 10.1. The molecule has 5 heteroatoms. The highest BCUT2D eigenvalue weighted by atomic mass is 35.5. The highest BCUT2D eigenvalue weighted by molar-refractivity contribution is 6.32. The highest BCUT2D eigenvalue weighted by Gasteiger charge is 2.45. The van der Waals surface area contributed by atoms with Crippen LogP contribution in [0, 0.1) is 0 Å². The number of hydrogen-bond acceptors (Lipinski definition) is 3. The number of ether oxygens (including phenoxy) is 2. The smallest absolute Gasteiger partial charge is 0.314 e. The lowest BCUT2D eigenvalue weighted by atomic mass is 9.67. The molecule has 0 unspecified atom stereocenters. The van der Waals surface area contributed by atoms with E-state index >= 15 is 0 Å².